The number of amides is 1. The lowest BCUT2D eigenvalue weighted by Crippen LogP contribution is -2.26. The van der Waals surface area contributed by atoms with Crippen molar-refractivity contribution in [2.24, 2.45) is 5.10 Å². The van der Waals surface area contributed by atoms with Crippen LogP contribution in [-0.2, 0) is 10.0 Å². The van der Waals surface area contributed by atoms with Gasteiger partial charge in [0.15, 0.2) is 0 Å². The maximum atomic E-state index is 13.1. The summed E-state index contributed by atoms with van der Waals surface area (Å²) in [7, 11) is -3.38. The SMILES string of the molecule is CS(=O)(=O)Nc1cccc(C2=NN(C(=O)c3cccs3)[C@H](c3ccccc3)C2)c1. The first kappa shape index (κ1) is 19.4. The van der Waals surface area contributed by atoms with Crippen LogP contribution in [0.2, 0.25) is 0 Å². The lowest BCUT2D eigenvalue weighted by molar-refractivity contribution is 0.0716. The number of carbonyl (C=O) groups excluding carboxylic acids is 1. The van der Waals surface area contributed by atoms with E-state index >= 15 is 0 Å². The number of thiophene rings is 1. The molecule has 0 fully saturated rings. The van der Waals surface area contributed by atoms with Crippen molar-refractivity contribution in [3.05, 3.63) is 88.1 Å². The van der Waals surface area contributed by atoms with Crippen LogP contribution in [-0.4, -0.2) is 31.3 Å². The zero-order valence-electron chi connectivity index (χ0n) is 15.6. The van der Waals surface area contributed by atoms with E-state index in [0.717, 1.165) is 23.1 Å². The van der Waals surface area contributed by atoms with Gasteiger partial charge in [-0.3, -0.25) is 9.52 Å². The van der Waals surface area contributed by atoms with E-state index in [0.29, 0.717) is 17.0 Å². The molecule has 1 aromatic heterocycles. The predicted octanol–water partition coefficient (Wildman–Crippen LogP) is 4.11. The topological polar surface area (TPSA) is 78.8 Å². The first-order valence-corrected chi connectivity index (χ1v) is 11.8. The van der Waals surface area contributed by atoms with Gasteiger partial charge in [-0.05, 0) is 34.7 Å². The number of carbonyl (C=O) groups is 1. The van der Waals surface area contributed by atoms with E-state index in [-0.39, 0.29) is 11.9 Å². The lowest BCUT2D eigenvalue weighted by atomic mass is 9.98. The minimum atomic E-state index is -3.38. The number of hydrazone groups is 1. The molecule has 1 aliphatic heterocycles. The smallest absolute Gasteiger partial charge is 0.284 e. The van der Waals surface area contributed by atoms with E-state index < -0.39 is 10.0 Å². The molecule has 0 spiro atoms. The van der Waals surface area contributed by atoms with Crippen LogP contribution in [0.4, 0.5) is 5.69 Å². The molecule has 1 atom stereocenters. The third-order valence-corrected chi connectivity index (χ3v) is 6.00. The summed E-state index contributed by atoms with van der Waals surface area (Å²) in [5.41, 5.74) is 2.98. The molecule has 3 aromatic rings. The molecule has 8 heteroatoms. The standard InChI is InChI=1S/C21H19N3O3S2/c1-29(26,27)23-17-10-5-9-16(13-17)18-14-19(15-7-3-2-4-8-15)24(22-18)21(25)20-11-6-12-28-20/h2-13,19,23H,14H2,1H3/t19-/m0/s1. The predicted molar refractivity (Wildman–Crippen MR) is 116 cm³/mol. The molecule has 29 heavy (non-hydrogen) atoms. The summed E-state index contributed by atoms with van der Waals surface area (Å²) in [6.07, 6.45) is 1.66. The molecular weight excluding hydrogens is 406 g/mol. The van der Waals surface area contributed by atoms with Crippen LogP contribution in [0.25, 0.3) is 0 Å². The summed E-state index contributed by atoms with van der Waals surface area (Å²) in [4.78, 5) is 13.7. The Hall–Kier alpha value is -2.97. The Kier molecular flexibility index (Phi) is 5.21. The third-order valence-electron chi connectivity index (χ3n) is 4.53. The Balaban J connectivity index is 1.70. The molecule has 0 aliphatic carbocycles. The highest BCUT2D eigenvalue weighted by Crippen LogP contribution is 2.34. The number of hydrogen-bond donors (Lipinski definition) is 1. The van der Waals surface area contributed by atoms with Gasteiger partial charge < -0.3 is 0 Å². The molecule has 6 nitrogen and oxygen atoms in total. The Morgan fingerprint density at radius 2 is 1.90 bits per heavy atom. The second-order valence-electron chi connectivity index (χ2n) is 6.76. The van der Waals surface area contributed by atoms with Gasteiger partial charge in [0.2, 0.25) is 10.0 Å². The van der Waals surface area contributed by atoms with Gasteiger partial charge in [-0.25, -0.2) is 13.4 Å². The number of nitrogens with zero attached hydrogens (tertiary/aromatic N) is 2. The Labute approximate surface area is 173 Å². The molecule has 0 unspecified atom stereocenters. The Bertz CT molecular complexity index is 1160. The van der Waals surface area contributed by atoms with E-state index in [9.17, 15) is 13.2 Å². The highest BCUT2D eigenvalue weighted by Gasteiger charge is 2.34. The molecule has 2 heterocycles. The minimum absolute atomic E-state index is 0.144. The highest BCUT2D eigenvalue weighted by atomic mass is 32.2. The molecule has 0 saturated carbocycles. The van der Waals surface area contributed by atoms with Crippen molar-refractivity contribution < 1.29 is 13.2 Å². The number of sulfonamides is 1. The van der Waals surface area contributed by atoms with Gasteiger partial charge in [0, 0.05) is 12.1 Å². The molecule has 148 valence electrons. The lowest BCUT2D eigenvalue weighted by Gasteiger charge is -2.21. The second kappa shape index (κ2) is 7.81. The van der Waals surface area contributed by atoms with E-state index in [2.05, 4.69) is 9.82 Å². The first-order chi connectivity index (χ1) is 13.9. The molecule has 0 saturated heterocycles. The number of anilines is 1. The van der Waals surface area contributed by atoms with Gasteiger partial charge in [0.05, 0.1) is 22.9 Å². The summed E-state index contributed by atoms with van der Waals surface area (Å²) in [5, 5.41) is 8.04. The fourth-order valence-electron chi connectivity index (χ4n) is 3.30. The fraction of sp³-hybridized carbons (Fsp3) is 0.143. The summed E-state index contributed by atoms with van der Waals surface area (Å²) in [6, 6.07) is 20.3. The zero-order chi connectivity index (χ0) is 20.4. The summed E-state index contributed by atoms with van der Waals surface area (Å²) in [6.45, 7) is 0. The zero-order valence-corrected chi connectivity index (χ0v) is 17.3. The van der Waals surface area contributed by atoms with Gasteiger partial charge in [-0.15, -0.1) is 11.3 Å². The summed E-state index contributed by atoms with van der Waals surface area (Å²) in [5.74, 6) is -0.144. The fourth-order valence-corrected chi connectivity index (χ4v) is 4.51. The van der Waals surface area contributed by atoms with Gasteiger partial charge in [-0.1, -0.05) is 48.5 Å². The van der Waals surface area contributed by atoms with Crippen LogP contribution in [0.3, 0.4) is 0 Å². The van der Waals surface area contributed by atoms with Gasteiger partial charge >= 0.3 is 0 Å². The number of rotatable bonds is 5. The van der Waals surface area contributed by atoms with Crippen molar-refractivity contribution >= 4 is 38.7 Å². The van der Waals surface area contributed by atoms with Crippen molar-refractivity contribution in [2.75, 3.05) is 11.0 Å². The average Bonchev–Trinajstić information content (AvgIpc) is 3.37. The average molecular weight is 426 g/mol. The van der Waals surface area contributed by atoms with E-state index in [1.165, 1.54) is 16.3 Å². The van der Waals surface area contributed by atoms with E-state index in [4.69, 9.17) is 0 Å². The van der Waals surface area contributed by atoms with Gasteiger partial charge in [0.25, 0.3) is 5.91 Å². The molecule has 1 aliphatic rings. The van der Waals surface area contributed by atoms with Crippen LogP contribution in [0.5, 0.6) is 0 Å². The normalized spacial score (nSPS) is 16.5. The third kappa shape index (κ3) is 4.38. The quantitative estimate of drug-likeness (QED) is 0.668. The Morgan fingerprint density at radius 1 is 1.10 bits per heavy atom. The summed E-state index contributed by atoms with van der Waals surface area (Å²) >= 11 is 1.38. The number of hydrogen-bond acceptors (Lipinski definition) is 5. The largest absolute Gasteiger partial charge is 0.284 e. The van der Waals surface area contributed by atoms with Crippen molar-refractivity contribution in [3.63, 3.8) is 0 Å². The van der Waals surface area contributed by atoms with Gasteiger partial charge in [0.1, 0.15) is 0 Å². The number of benzene rings is 2. The Morgan fingerprint density at radius 3 is 2.59 bits per heavy atom. The van der Waals surface area contributed by atoms with E-state index in [1.54, 1.807) is 24.3 Å². The second-order valence-corrected chi connectivity index (χ2v) is 9.46. The highest BCUT2D eigenvalue weighted by molar-refractivity contribution is 7.92. The molecule has 0 bridgehead atoms. The van der Waals surface area contributed by atoms with Crippen molar-refractivity contribution in [1.82, 2.24) is 5.01 Å². The number of nitrogens with one attached hydrogen (secondary N) is 1. The molecular formula is C21H19N3O3S2. The van der Waals surface area contributed by atoms with Crippen LogP contribution < -0.4 is 4.72 Å². The van der Waals surface area contributed by atoms with Crippen LogP contribution >= 0.6 is 11.3 Å². The summed E-state index contributed by atoms with van der Waals surface area (Å²) < 4.78 is 25.6. The maximum absolute atomic E-state index is 13.1. The molecule has 1 amide bonds. The molecule has 1 N–H and O–H groups in total. The van der Waals surface area contributed by atoms with Crippen molar-refractivity contribution in [3.8, 4) is 0 Å². The monoisotopic (exact) mass is 425 g/mol. The first-order valence-electron chi connectivity index (χ1n) is 8.98. The van der Waals surface area contributed by atoms with Gasteiger partial charge in [-0.2, -0.15) is 5.10 Å². The van der Waals surface area contributed by atoms with Crippen LogP contribution in [0, 0.1) is 0 Å². The minimum Gasteiger partial charge on any atom is -0.284 e. The van der Waals surface area contributed by atoms with Crippen molar-refractivity contribution in [1.29, 1.82) is 0 Å². The van der Waals surface area contributed by atoms with E-state index in [1.807, 2.05) is 47.8 Å². The molecule has 0 radical (unpaired) electrons. The molecule has 2 aromatic carbocycles. The molecule has 4 rings (SSSR count). The maximum Gasteiger partial charge on any atom is 0.284 e. The van der Waals surface area contributed by atoms with Crippen LogP contribution in [0.15, 0.2) is 77.2 Å². The van der Waals surface area contributed by atoms with Crippen LogP contribution in [0.1, 0.15) is 33.3 Å². The van der Waals surface area contributed by atoms with Crippen molar-refractivity contribution in [2.45, 2.75) is 12.5 Å².